The minimum Gasteiger partial charge on any atom is -0.462 e. The van der Waals surface area contributed by atoms with Crippen LogP contribution in [0.4, 0.5) is 5.95 Å². The highest BCUT2D eigenvalue weighted by Gasteiger charge is 2.35. The number of unbranched alkanes of at least 4 members (excludes halogenated alkanes) is 5. The molecule has 28 heavy (non-hydrogen) atoms. The molecule has 1 aromatic carbocycles. The van der Waals surface area contributed by atoms with Crippen molar-refractivity contribution >= 4 is 23.5 Å². The Bertz CT molecular complexity index is 846. The van der Waals surface area contributed by atoms with E-state index in [4.69, 9.17) is 16.3 Å². The van der Waals surface area contributed by atoms with Crippen molar-refractivity contribution in [1.82, 2.24) is 14.8 Å². The Balaban J connectivity index is 1.74. The molecule has 7 heteroatoms. The summed E-state index contributed by atoms with van der Waals surface area (Å²) in [6.07, 6.45) is 8.32. The lowest BCUT2D eigenvalue weighted by atomic mass is 9.96. The van der Waals surface area contributed by atoms with Gasteiger partial charge in [0, 0.05) is 16.3 Å². The van der Waals surface area contributed by atoms with Gasteiger partial charge >= 0.3 is 5.97 Å². The topological polar surface area (TPSA) is 69.0 Å². The predicted octanol–water partition coefficient (Wildman–Crippen LogP) is 5.12. The second kappa shape index (κ2) is 9.73. The number of allylic oxidation sites excluding steroid dienone is 1. The molecule has 1 atom stereocenters. The van der Waals surface area contributed by atoms with Crippen LogP contribution >= 0.6 is 11.6 Å². The second-order valence-electron chi connectivity index (χ2n) is 7.02. The van der Waals surface area contributed by atoms with Gasteiger partial charge in [0.1, 0.15) is 12.4 Å². The number of hydrogen-bond donors (Lipinski definition) is 1. The average molecular weight is 403 g/mol. The summed E-state index contributed by atoms with van der Waals surface area (Å²) in [4.78, 5) is 17.2. The molecule has 0 fully saturated rings. The van der Waals surface area contributed by atoms with Crippen molar-refractivity contribution in [1.29, 1.82) is 0 Å². The Morgan fingerprint density at radius 3 is 2.75 bits per heavy atom. The lowest BCUT2D eigenvalue weighted by Gasteiger charge is -2.28. The molecule has 2 aromatic rings. The lowest BCUT2D eigenvalue weighted by Crippen LogP contribution is -2.30. The molecule has 0 saturated carbocycles. The van der Waals surface area contributed by atoms with E-state index in [1.165, 1.54) is 32.0 Å². The highest BCUT2D eigenvalue weighted by molar-refractivity contribution is 6.31. The zero-order chi connectivity index (χ0) is 19.9. The third-order valence-electron chi connectivity index (χ3n) is 4.95. The van der Waals surface area contributed by atoms with E-state index in [1.807, 2.05) is 31.2 Å². The molecule has 2 heterocycles. The molecule has 0 unspecified atom stereocenters. The van der Waals surface area contributed by atoms with E-state index < -0.39 is 6.04 Å². The number of carbonyl (C=O) groups excluding carboxylic acids is 1. The molecular weight excluding hydrogens is 376 g/mol. The Hall–Kier alpha value is -2.34. The summed E-state index contributed by atoms with van der Waals surface area (Å²) in [5.74, 6) is 0.236. The number of rotatable bonds is 9. The van der Waals surface area contributed by atoms with E-state index in [2.05, 4.69) is 22.3 Å². The third-order valence-corrected chi connectivity index (χ3v) is 5.29. The fourth-order valence-electron chi connectivity index (χ4n) is 3.46. The van der Waals surface area contributed by atoms with Crippen LogP contribution in [0, 0.1) is 0 Å². The molecule has 0 saturated heterocycles. The summed E-state index contributed by atoms with van der Waals surface area (Å²) in [6.45, 7) is 4.47. The van der Waals surface area contributed by atoms with Crippen LogP contribution in [0.5, 0.6) is 0 Å². The zero-order valence-electron chi connectivity index (χ0n) is 16.4. The lowest BCUT2D eigenvalue weighted by molar-refractivity contribution is -0.139. The normalized spacial score (nSPS) is 15.9. The van der Waals surface area contributed by atoms with Gasteiger partial charge in [-0.1, -0.05) is 68.8 Å². The summed E-state index contributed by atoms with van der Waals surface area (Å²) < 4.78 is 7.28. The van der Waals surface area contributed by atoms with E-state index in [-0.39, 0.29) is 5.97 Å². The predicted molar refractivity (Wildman–Crippen MR) is 110 cm³/mol. The van der Waals surface area contributed by atoms with E-state index in [0.717, 1.165) is 18.4 Å². The van der Waals surface area contributed by atoms with Crippen LogP contribution < -0.4 is 5.32 Å². The summed E-state index contributed by atoms with van der Waals surface area (Å²) in [7, 11) is 0. The maximum atomic E-state index is 12.9. The number of nitrogens with one attached hydrogen (secondary N) is 1. The van der Waals surface area contributed by atoms with Crippen molar-refractivity contribution in [3.63, 3.8) is 0 Å². The number of fused-ring (bicyclic) bond motifs is 1. The molecule has 150 valence electrons. The van der Waals surface area contributed by atoms with Crippen molar-refractivity contribution in [2.75, 3.05) is 11.9 Å². The summed E-state index contributed by atoms with van der Waals surface area (Å²) in [6, 6.07) is 7.00. The Morgan fingerprint density at radius 2 is 1.96 bits per heavy atom. The van der Waals surface area contributed by atoms with Crippen LogP contribution in [0.1, 0.15) is 64.0 Å². The SMILES string of the molecule is CCCCCCCCOC(=O)C1=C(C)Nc2ncnn2[C@@H]1c1ccccc1Cl. The number of aromatic nitrogens is 3. The van der Waals surface area contributed by atoms with Crippen molar-refractivity contribution < 1.29 is 9.53 Å². The number of benzene rings is 1. The molecule has 0 amide bonds. The Kier molecular flexibility index (Phi) is 7.09. The van der Waals surface area contributed by atoms with Gasteiger partial charge in [-0.15, -0.1) is 0 Å². The summed E-state index contributed by atoms with van der Waals surface area (Å²) >= 11 is 6.44. The molecular formula is C21H27ClN4O2. The van der Waals surface area contributed by atoms with Crippen LogP contribution in [0.3, 0.4) is 0 Å². The van der Waals surface area contributed by atoms with Crippen LogP contribution in [0.25, 0.3) is 0 Å². The molecule has 1 N–H and O–H groups in total. The number of esters is 1. The van der Waals surface area contributed by atoms with E-state index in [0.29, 0.717) is 28.8 Å². The van der Waals surface area contributed by atoms with Gasteiger partial charge in [-0.2, -0.15) is 10.1 Å². The number of carbonyl (C=O) groups is 1. The van der Waals surface area contributed by atoms with Crippen LogP contribution in [-0.4, -0.2) is 27.3 Å². The van der Waals surface area contributed by atoms with Gasteiger partial charge in [-0.05, 0) is 19.4 Å². The molecule has 0 radical (unpaired) electrons. The fraction of sp³-hybridized carbons (Fsp3) is 0.476. The standard InChI is InChI=1S/C21H27ClN4O2/c1-3-4-5-6-7-10-13-28-20(27)18-15(2)25-21-23-14-24-26(21)19(18)16-11-8-9-12-17(16)22/h8-9,11-12,14,19H,3-7,10,13H2,1-2H3,(H,23,24,25)/t19-/m1/s1. The van der Waals surface area contributed by atoms with E-state index >= 15 is 0 Å². The first kappa shape index (κ1) is 20.4. The number of anilines is 1. The number of nitrogens with zero attached hydrogens (tertiary/aromatic N) is 3. The van der Waals surface area contributed by atoms with Crippen molar-refractivity contribution in [3.05, 3.63) is 52.4 Å². The molecule has 0 spiro atoms. The molecule has 1 aliphatic rings. The minimum atomic E-state index is -0.468. The highest BCUT2D eigenvalue weighted by Crippen LogP contribution is 2.37. The first-order valence-corrected chi connectivity index (χ1v) is 10.3. The van der Waals surface area contributed by atoms with Gasteiger partial charge in [-0.3, -0.25) is 0 Å². The molecule has 1 aromatic heterocycles. The van der Waals surface area contributed by atoms with Gasteiger partial charge in [0.15, 0.2) is 0 Å². The number of hydrogen-bond acceptors (Lipinski definition) is 5. The Morgan fingerprint density at radius 1 is 1.21 bits per heavy atom. The average Bonchev–Trinajstić information content (AvgIpc) is 3.14. The third kappa shape index (κ3) is 4.55. The van der Waals surface area contributed by atoms with Crippen molar-refractivity contribution in [3.8, 4) is 0 Å². The van der Waals surface area contributed by atoms with E-state index in [1.54, 1.807) is 4.68 Å². The minimum absolute atomic E-state index is 0.343. The largest absolute Gasteiger partial charge is 0.462 e. The van der Waals surface area contributed by atoms with Crippen LogP contribution in [0.15, 0.2) is 41.9 Å². The van der Waals surface area contributed by atoms with Gasteiger partial charge in [0.2, 0.25) is 5.95 Å². The maximum absolute atomic E-state index is 12.9. The molecule has 1 aliphatic heterocycles. The fourth-order valence-corrected chi connectivity index (χ4v) is 3.70. The second-order valence-corrected chi connectivity index (χ2v) is 7.43. The Labute approximate surface area is 170 Å². The zero-order valence-corrected chi connectivity index (χ0v) is 17.2. The van der Waals surface area contributed by atoms with Gasteiger partial charge in [-0.25, -0.2) is 9.48 Å². The quantitative estimate of drug-likeness (QED) is 0.465. The number of halogens is 1. The highest BCUT2D eigenvalue weighted by atomic mass is 35.5. The van der Waals surface area contributed by atoms with Gasteiger partial charge in [0.05, 0.1) is 12.2 Å². The smallest absolute Gasteiger partial charge is 0.338 e. The maximum Gasteiger partial charge on any atom is 0.338 e. The van der Waals surface area contributed by atoms with Crippen molar-refractivity contribution in [2.45, 2.75) is 58.4 Å². The molecule has 3 rings (SSSR count). The monoisotopic (exact) mass is 402 g/mol. The molecule has 6 nitrogen and oxygen atoms in total. The molecule has 0 bridgehead atoms. The summed E-state index contributed by atoms with van der Waals surface area (Å²) in [5, 5.41) is 8.02. The first-order chi connectivity index (χ1) is 13.6. The summed E-state index contributed by atoms with van der Waals surface area (Å²) in [5.41, 5.74) is 2.01. The van der Waals surface area contributed by atoms with Gasteiger partial charge < -0.3 is 10.1 Å². The van der Waals surface area contributed by atoms with Crippen molar-refractivity contribution in [2.24, 2.45) is 0 Å². The first-order valence-electron chi connectivity index (χ1n) is 9.92. The van der Waals surface area contributed by atoms with E-state index in [9.17, 15) is 4.79 Å². The van der Waals surface area contributed by atoms with Gasteiger partial charge in [0.25, 0.3) is 0 Å². The number of ether oxygens (including phenoxy) is 1. The molecule has 0 aliphatic carbocycles. The van der Waals surface area contributed by atoms with Crippen LogP contribution in [-0.2, 0) is 9.53 Å². The van der Waals surface area contributed by atoms with Crippen LogP contribution in [0.2, 0.25) is 5.02 Å².